The Morgan fingerprint density at radius 3 is 2.37 bits per heavy atom. The molecule has 0 heterocycles. The molecule has 0 atom stereocenters. The molecule has 1 fully saturated rings. The summed E-state index contributed by atoms with van der Waals surface area (Å²) in [6.07, 6.45) is 10.00. The van der Waals surface area contributed by atoms with Gasteiger partial charge in [-0.15, -0.1) is 0 Å². The van der Waals surface area contributed by atoms with Crippen molar-refractivity contribution >= 4 is 5.78 Å². The summed E-state index contributed by atoms with van der Waals surface area (Å²) >= 11 is 0. The van der Waals surface area contributed by atoms with Gasteiger partial charge in [-0.25, -0.2) is 0 Å². The third-order valence-corrected chi connectivity index (χ3v) is 4.57. The fourth-order valence-electron chi connectivity index (χ4n) is 3.42. The van der Waals surface area contributed by atoms with Crippen LogP contribution in [0.2, 0.25) is 0 Å². The summed E-state index contributed by atoms with van der Waals surface area (Å²) in [4.78, 5) is 12.8. The lowest BCUT2D eigenvalue weighted by atomic mass is 9.66. The molecule has 104 valence electrons. The van der Waals surface area contributed by atoms with Crippen LogP contribution in [0.4, 0.5) is 0 Å². The lowest BCUT2D eigenvalue weighted by Crippen LogP contribution is -2.37. The van der Waals surface area contributed by atoms with E-state index in [1.807, 2.05) is 6.07 Å². The molecule has 0 amide bonds. The molecule has 0 unspecified atom stereocenters. The number of carbonyl (C=O) groups excluding carboxylic acids is 1. The molecule has 0 spiro atoms. The lowest BCUT2D eigenvalue weighted by molar-refractivity contribution is -0.126. The summed E-state index contributed by atoms with van der Waals surface area (Å²) in [6.45, 7) is 2.19. The van der Waals surface area contributed by atoms with Crippen LogP contribution in [0.3, 0.4) is 0 Å². The molecule has 1 aromatic carbocycles. The van der Waals surface area contributed by atoms with Crippen LogP contribution < -0.4 is 0 Å². The van der Waals surface area contributed by atoms with E-state index in [1.54, 1.807) is 0 Å². The van der Waals surface area contributed by atoms with E-state index in [-0.39, 0.29) is 5.41 Å². The van der Waals surface area contributed by atoms with Gasteiger partial charge in [-0.2, -0.15) is 0 Å². The van der Waals surface area contributed by atoms with E-state index < -0.39 is 0 Å². The van der Waals surface area contributed by atoms with E-state index in [0.717, 1.165) is 25.7 Å². The second kappa shape index (κ2) is 6.88. The van der Waals surface area contributed by atoms with Gasteiger partial charge < -0.3 is 0 Å². The van der Waals surface area contributed by atoms with Gasteiger partial charge in [0.25, 0.3) is 0 Å². The summed E-state index contributed by atoms with van der Waals surface area (Å²) in [6, 6.07) is 10.5. The molecule has 1 aliphatic rings. The summed E-state index contributed by atoms with van der Waals surface area (Å²) in [5.41, 5.74) is 1.10. The highest BCUT2D eigenvalue weighted by atomic mass is 16.1. The maximum Gasteiger partial charge on any atom is 0.143 e. The van der Waals surface area contributed by atoms with Crippen LogP contribution in [-0.2, 0) is 10.2 Å². The molecule has 19 heavy (non-hydrogen) atoms. The zero-order valence-electron chi connectivity index (χ0n) is 12.2. The highest BCUT2D eigenvalue weighted by Crippen LogP contribution is 2.41. The molecule has 0 saturated heterocycles. The third-order valence-electron chi connectivity index (χ3n) is 4.57. The number of hydrogen-bond donors (Lipinski definition) is 0. The minimum Gasteiger partial charge on any atom is -0.299 e. The summed E-state index contributed by atoms with van der Waals surface area (Å²) < 4.78 is 0. The second-order valence-corrected chi connectivity index (χ2v) is 5.89. The molecule has 0 N–H and O–H groups in total. The van der Waals surface area contributed by atoms with Crippen molar-refractivity contribution in [1.29, 1.82) is 0 Å². The Morgan fingerprint density at radius 2 is 1.74 bits per heavy atom. The van der Waals surface area contributed by atoms with Crippen molar-refractivity contribution in [2.75, 3.05) is 0 Å². The topological polar surface area (TPSA) is 17.1 Å². The molecule has 2 rings (SSSR count). The molecule has 0 aromatic heterocycles. The van der Waals surface area contributed by atoms with Gasteiger partial charge >= 0.3 is 0 Å². The predicted molar refractivity (Wildman–Crippen MR) is 80.4 cm³/mol. The Labute approximate surface area is 117 Å². The van der Waals surface area contributed by atoms with Crippen LogP contribution in [-0.4, -0.2) is 5.78 Å². The van der Waals surface area contributed by atoms with Crippen molar-refractivity contribution in [3.8, 4) is 0 Å². The van der Waals surface area contributed by atoms with Crippen LogP contribution in [0.1, 0.15) is 70.3 Å². The van der Waals surface area contributed by atoms with Crippen LogP contribution in [0.15, 0.2) is 30.3 Å². The van der Waals surface area contributed by atoms with Crippen molar-refractivity contribution < 1.29 is 4.79 Å². The molecule has 1 aliphatic carbocycles. The van der Waals surface area contributed by atoms with E-state index >= 15 is 0 Å². The first-order valence-corrected chi connectivity index (χ1v) is 7.88. The number of benzene rings is 1. The molecular formula is C18H26O. The zero-order valence-corrected chi connectivity index (χ0v) is 12.2. The molecule has 1 saturated carbocycles. The summed E-state index contributed by atoms with van der Waals surface area (Å²) in [5.74, 6) is 0.492. The maximum atomic E-state index is 12.8. The number of unbranched alkanes of at least 4 members (excludes halogenated alkanes) is 2. The minimum atomic E-state index is -0.159. The number of hydrogen-bond acceptors (Lipinski definition) is 1. The monoisotopic (exact) mass is 258 g/mol. The molecule has 1 nitrogen and oxygen atoms in total. The molecule has 1 heteroatoms. The molecule has 0 bridgehead atoms. The second-order valence-electron chi connectivity index (χ2n) is 5.89. The van der Waals surface area contributed by atoms with Gasteiger partial charge in [0.2, 0.25) is 0 Å². The van der Waals surface area contributed by atoms with Gasteiger partial charge in [-0.05, 0) is 24.8 Å². The van der Waals surface area contributed by atoms with Crippen molar-refractivity contribution in [1.82, 2.24) is 0 Å². The Kier molecular flexibility index (Phi) is 5.18. The van der Waals surface area contributed by atoms with Gasteiger partial charge in [0.1, 0.15) is 5.78 Å². The van der Waals surface area contributed by atoms with Crippen LogP contribution >= 0.6 is 0 Å². The first-order valence-electron chi connectivity index (χ1n) is 7.88. The van der Waals surface area contributed by atoms with E-state index in [1.165, 1.54) is 37.7 Å². The van der Waals surface area contributed by atoms with Crippen molar-refractivity contribution in [2.45, 2.75) is 70.1 Å². The van der Waals surface area contributed by atoms with Crippen LogP contribution in [0.5, 0.6) is 0 Å². The largest absolute Gasteiger partial charge is 0.299 e. The number of Topliss-reactive ketones (excluding diaryl/α,β-unsaturated/α-hetero) is 1. The Morgan fingerprint density at radius 1 is 1.05 bits per heavy atom. The average molecular weight is 258 g/mol. The van der Waals surface area contributed by atoms with Crippen LogP contribution in [0, 0.1) is 0 Å². The smallest absolute Gasteiger partial charge is 0.143 e. The summed E-state index contributed by atoms with van der Waals surface area (Å²) in [7, 11) is 0. The van der Waals surface area contributed by atoms with Crippen molar-refractivity contribution in [2.24, 2.45) is 0 Å². The number of rotatable bonds is 6. The standard InChI is InChI=1S/C18H26O/c1-2-3-6-13-17(19)18(14-9-5-10-15-18)16-11-7-4-8-12-16/h4,7-8,11-12H,2-3,5-6,9-10,13-15H2,1H3. The van der Waals surface area contributed by atoms with Crippen molar-refractivity contribution in [3.05, 3.63) is 35.9 Å². The minimum absolute atomic E-state index is 0.159. The SMILES string of the molecule is CCCCCC(=O)C1(c2ccccc2)CCCCC1. The molecule has 0 radical (unpaired) electrons. The molecule has 1 aromatic rings. The Bertz CT molecular complexity index is 387. The van der Waals surface area contributed by atoms with Gasteiger partial charge in [0.05, 0.1) is 5.41 Å². The highest BCUT2D eigenvalue weighted by Gasteiger charge is 2.39. The quantitative estimate of drug-likeness (QED) is 0.653. The number of ketones is 1. The van der Waals surface area contributed by atoms with Gasteiger partial charge in [-0.1, -0.05) is 69.4 Å². The van der Waals surface area contributed by atoms with E-state index in [2.05, 4.69) is 31.2 Å². The maximum absolute atomic E-state index is 12.8. The third kappa shape index (κ3) is 3.26. The first-order chi connectivity index (χ1) is 9.29. The fourth-order valence-corrected chi connectivity index (χ4v) is 3.42. The van der Waals surface area contributed by atoms with Gasteiger partial charge in [-0.3, -0.25) is 4.79 Å². The zero-order chi connectivity index (χ0) is 13.6. The summed E-state index contributed by atoms with van der Waals surface area (Å²) in [5, 5.41) is 0. The number of carbonyl (C=O) groups is 1. The first kappa shape index (κ1) is 14.3. The van der Waals surface area contributed by atoms with E-state index in [4.69, 9.17) is 0 Å². The van der Waals surface area contributed by atoms with E-state index in [0.29, 0.717) is 5.78 Å². The van der Waals surface area contributed by atoms with E-state index in [9.17, 15) is 4.79 Å². The molecule has 0 aliphatic heterocycles. The average Bonchev–Trinajstić information content (AvgIpc) is 2.49. The normalized spacial score (nSPS) is 18.2. The lowest BCUT2D eigenvalue weighted by Gasteiger charge is -2.36. The van der Waals surface area contributed by atoms with Gasteiger partial charge in [0, 0.05) is 6.42 Å². The van der Waals surface area contributed by atoms with Crippen molar-refractivity contribution in [3.63, 3.8) is 0 Å². The predicted octanol–water partition coefficient (Wildman–Crippen LogP) is 5.04. The highest BCUT2D eigenvalue weighted by molar-refractivity contribution is 5.90. The fraction of sp³-hybridized carbons (Fsp3) is 0.611. The Balaban J connectivity index is 2.17. The Hall–Kier alpha value is -1.11. The van der Waals surface area contributed by atoms with Crippen LogP contribution in [0.25, 0.3) is 0 Å². The van der Waals surface area contributed by atoms with Gasteiger partial charge in [0.15, 0.2) is 0 Å². The molecular weight excluding hydrogens is 232 g/mol.